The Morgan fingerprint density at radius 1 is 0.920 bits per heavy atom. The molecule has 0 spiro atoms. The van der Waals surface area contributed by atoms with Crippen LogP contribution >= 0.6 is 0 Å². The van der Waals surface area contributed by atoms with E-state index in [0.29, 0.717) is 19.8 Å². The lowest BCUT2D eigenvalue weighted by Crippen LogP contribution is -2.56. The minimum atomic E-state index is -1.05. The molecule has 5 atom stereocenters. The van der Waals surface area contributed by atoms with Crippen LogP contribution in [0.3, 0.4) is 0 Å². The largest absolute Gasteiger partial charge is 0.491 e. The van der Waals surface area contributed by atoms with Crippen molar-refractivity contribution in [1.82, 2.24) is 29.3 Å². The van der Waals surface area contributed by atoms with Crippen LogP contribution in [0.15, 0.2) is 96.4 Å². The Balaban J connectivity index is 0.929. The van der Waals surface area contributed by atoms with Gasteiger partial charge in [0, 0.05) is 44.7 Å². The quantitative estimate of drug-likeness (QED) is 0.215. The van der Waals surface area contributed by atoms with E-state index < -0.39 is 11.2 Å². The van der Waals surface area contributed by atoms with Crippen LogP contribution in [0.1, 0.15) is 33.2 Å². The summed E-state index contributed by atoms with van der Waals surface area (Å²) in [6.07, 6.45) is 13.3. The predicted molar refractivity (Wildman–Crippen MR) is 190 cm³/mol. The third kappa shape index (κ3) is 6.48. The van der Waals surface area contributed by atoms with Crippen LogP contribution in [-0.4, -0.2) is 93.8 Å². The van der Waals surface area contributed by atoms with Gasteiger partial charge in [-0.3, -0.25) is 0 Å². The van der Waals surface area contributed by atoms with E-state index in [1.807, 2.05) is 49.4 Å². The lowest BCUT2D eigenvalue weighted by Gasteiger charge is -2.46. The Morgan fingerprint density at radius 3 is 2.20 bits per heavy atom. The van der Waals surface area contributed by atoms with Crippen molar-refractivity contribution in [2.45, 2.75) is 57.8 Å². The highest BCUT2D eigenvalue weighted by atomic mass is 16.8. The summed E-state index contributed by atoms with van der Waals surface area (Å²) < 4.78 is 28.4. The Morgan fingerprint density at radius 2 is 1.56 bits per heavy atom. The zero-order valence-corrected chi connectivity index (χ0v) is 29.2. The molecule has 50 heavy (non-hydrogen) atoms. The molecule has 0 N–H and O–H groups in total. The van der Waals surface area contributed by atoms with Crippen molar-refractivity contribution in [1.29, 1.82) is 0 Å². The van der Waals surface area contributed by atoms with Gasteiger partial charge in [0.15, 0.2) is 0 Å². The van der Waals surface area contributed by atoms with Gasteiger partial charge < -0.3 is 28.7 Å². The van der Waals surface area contributed by atoms with Crippen LogP contribution in [0, 0.1) is 5.41 Å². The maximum Gasteiger partial charge on any atom is 0.350 e. The number of nitrogens with zero attached hydrogens (tertiary/aromatic N) is 8. The van der Waals surface area contributed by atoms with Gasteiger partial charge in [0.05, 0.1) is 42.2 Å². The SMILES string of the molecule is CCC(C)n1ncn(-c2ccc(N3CCN(c4ccc(OC[C@@H]5CO[C@@](Cn6nccn6)(C6(C)C=CC=CC6OC)O5)cc4)CC3)cc2)c1=O. The average Bonchev–Trinajstić information content (AvgIpc) is 3.92. The molecule has 13 nitrogen and oxygen atoms in total. The van der Waals surface area contributed by atoms with Gasteiger partial charge in [-0.15, -0.1) is 0 Å². The van der Waals surface area contributed by atoms with Crippen molar-refractivity contribution in [3.63, 3.8) is 0 Å². The maximum atomic E-state index is 12.8. The molecule has 4 heterocycles. The highest BCUT2D eigenvalue weighted by Crippen LogP contribution is 2.47. The van der Waals surface area contributed by atoms with Gasteiger partial charge in [0.1, 0.15) is 31.3 Å². The number of anilines is 2. The monoisotopic (exact) mass is 682 g/mol. The molecular weight excluding hydrogens is 636 g/mol. The molecule has 264 valence electrons. The van der Waals surface area contributed by atoms with E-state index in [4.69, 9.17) is 18.9 Å². The van der Waals surface area contributed by atoms with Gasteiger partial charge in [0.25, 0.3) is 0 Å². The van der Waals surface area contributed by atoms with Crippen LogP contribution < -0.4 is 20.2 Å². The minimum absolute atomic E-state index is 0.0681. The summed E-state index contributed by atoms with van der Waals surface area (Å²) in [5, 5.41) is 12.9. The Kier molecular flexibility index (Phi) is 9.63. The van der Waals surface area contributed by atoms with E-state index in [0.717, 1.165) is 55.4 Å². The molecule has 3 aliphatic rings. The summed E-state index contributed by atoms with van der Waals surface area (Å²) in [6, 6.07) is 16.5. The average molecular weight is 683 g/mol. The lowest BCUT2D eigenvalue weighted by atomic mass is 9.73. The molecule has 7 rings (SSSR count). The molecule has 2 fully saturated rings. The van der Waals surface area contributed by atoms with Crippen molar-refractivity contribution < 1.29 is 18.9 Å². The Hall–Kier alpha value is -4.72. The van der Waals surface area contributed by atoms with Crippen molar-refractivity contribution in [2.75, 3.05) is 56.3 Å². The van der Waals surface area contributed by atoms with E-state index in [9.17, 15) is 4.79 Å². The predicted octanol–water partition coefficient (Wildman–Crippen LogP) is 4.26. The van der Waals surface area contributed by atoms with E-state index >= 15 is 0 Å². The summed E-state index contributed by atoms with van der Waals surface area (Å²) in [5.41, 5.74) is 2.39. The number of ether oxygens (including phenoxy) is 4. The molecule has 4 aromatic rings. The van der Waals surface area contributed by atoms with Gasteiger partial charge in [-0.2, -0.15) is 20.1 Å². The van der Waals surface area contributed by atoms with Crippen LogP contribution in [0.5, 0.6) is 5.75 Å². The van der Waals surface area contributed by atoms with Crippen LogP contribution in [0.2, 0.25) is 0 Å². The normalized spacial score (nSPS) is 25.7. The van der Waals surface area contributed by atoms with Crippen molar-refractivity contribution in [3.8, 4) is 11.4 Å². The number of hydrogen-bond donors (Lipinski definition) is 0. The molecular formula is C37H46N8O5. The van der Waals surface area contributed by atoms with Gasteiger partial charge in [0.2, 0.25) is 5.79 Å². The summed E-state index contributed by atoms with van der Waals surface area (Å²) in [4.78, 5) is 19.2. The zero-order chi connectivity index (χ0) is 34.7. The van der Waals surface area contributed by atoms with E-state index in [2.05, 4.69) is 69.3 Å². The molecule has 2 aromatic heterocycles. The summed E-state index contributed by atoms with van der Waals surface area (Å²) in [5.74, 6) is -0.273. The lowest BCUT2D eigenvalue weighted by molar-refractivity contribution is -0.258. The molecule has 2 saturated heterocycles. The molecule has 2 aliphatic heterocycles. The standard InChI is InChI=1S/C37H46N8O5/c1-5-28(2)45-35(46)43(27-40-45)31-11-9-29(10-12-31)41-20-22-42(23-21-41)30-13-15-32(16-14-30)48-24-33-25-49-37(50-33,26-44-38-18-19-39-44)36(3)17-7-6-8-34(36)47-4/h6-19,27-28,33-34H,5,20-26H2,1-4H3/t28?,33-,34?,36?,37-/m1/s1. The first-order valence-corrected chi connectivity index (χ1v) is 17.4. The second-order valence-corrected chi connectivity index (χ2v) is 13.3. The first kappa shape index (κ1) is 33.8. The van der Waals surface area contributed by atoms with Crippen molar-refractivity contribution in [3.05, 3.63) is 102 Å². The zero-order valence-electron chi connectivity index (χ0n) is 29.2. The fraction of sp³-hybridized carbons (Fsp3) is 0.459. The minimum Gasteiger partial charge on any atom is -0.491 e. The van der Waals surface area contributed by atoms with E-state index in [1.165, 1.54) is 0 Å². The molecule has 0 bridgehead atoms. The highest BCUT2D eigenvalue weighted by Gasteiger charge is 2.58. The Labute approximate surface area is 292 Å². The van der Waals surface area contributed by atoms with E-state index in [1.54, 1.807) is 39.9 Å². The fourth-order valence-electron chi connectivity index (χ4n) is 7.03. The summed E-state index contributed by atoms with van der Waals surface area (Å²) in [6.45, 7) is 10.7. The second-order valence-electron chi connectivity index (χ2n) is 13.3. The smallest absolute Gasteiger partial charge is 0.350 e. The molecule has 0 radical (unpaired) electrons. The first-order chi connectivity index (χ1) is 24.3. The summed E-state index contributed by atoms with van der Waals surface area (Å²) >= 11 is 0. The molecule has 1 aliphatic carbocycles. The van der Waals surface area contributed by atoms with Crippen LogP contribution in [-0.2, 0) is 20.8 Å². The third-order valence-electron chi connectivity index (χ3n) is 10.3. The van der Waals surface area contributed by atoms with Crippen molar-refractivity contribution >= 4 is 11.4 Å². The van der Waals surface area contributed by atoms with Gasteiger partial charge in [-0.1, -0.05) is 31.2 Å². The number of methoxy groups -OCH3 is 1. The molecule has 0 amide bonds. The number of benzene rings is 2. The first-order valence-electron chi connectivity index (χ1n) is 17.4. The number of hydrogen-bond acceptors (Lipinski definition) is 10. The highest BCUT2D eigenvalue weighted by molar-refractivity contribution is 5.54. The van der Waals surface area contributed by atoms with Gasteiger partial charge in [-0.05, 0) is 68.8 Å². The molecule has 0 saturated carbocycles. The molecule has 2 aromatic carbocycles. The fourth-order valence-corrected chi connectivity index (χ4v) is 7.03. The van der Waals surface area contributed by atoms with Crippen LogP contribution in [0.4, 0.5) is 11.4 Å². The van der Waals surface area contributed by atoms with Gasteiger partial charge >= 0.3 is 5.69 Å². The van der Waals surface area contributed by atoms with Gasteiger partial charge in [-0.25, -0.2) is 14.0 Å². The maximum absolute atomic E-state index is 12.8. The van der Waals surface area contributed by atoms with Crippen LogP contribution in [0.25, 0.3) is 5.69 Å². The summed E-state index contributed by atoms with van der Waals surface area (Å²) in [7, 11) is 1.70. The van der Waals surface area contributed by atoms with E-state index in [-0.39, 0.29) is 23.9 Å². The molecule has 13 heteroatoms. The molecule has 3 unspecified atom stereocenters. The third-order valence-corrected chi connectivity index (χ3v) is 10.3. The number of aromatic nitrogens is 6. The number of allylic oxidation sites excluding steroid dienone is 2. The Bertz CT molecular complexity index is 1830. The second kappa shape index (κ2) is 14.3. The number of rotatable bonds is 12. The topological polar surface area (TPSA) is 114 Å². The van der Waals surface area contributed by atoms with Crippen molar-refractivity contribution in [2.24, 2.45) is 5.41 Å². The number of piperazine rings is 1.